The molecule has 0 amide bonds. The Morgan fingerprint density at radius 2 is 1.86 bits per heavy atom. The molecule has 0 radical (unpaired) electrons. The van der Waals surface area contributed by atoms with Gasteiger partial charge in [0.1, 0.15) is 11.2 Å². The number of pyridine rings is 1. The Morgan fingerprint density at radius 3 is 2.55 bits per heavy atom. The zero-order valence-electron chi connectivity index (χ0n) is 11.9. The van der Waals surface area contributed by atoms with Gasteiger partial charge in [0.25, 0.3) is 5.56 Å². The van der Waals surface area contributed by atoms with Crippen molar-refractivity contribution in [1.82, 2.24) is 18.9 Å². The maximum Gasteiger partial charge on any atom is 0.433 e. The quantitative estimate of drug-likeness (QED) is 0.728. The molecule has 0 spiro atoms. The Kier molecular flexibility index (Phi) is 3.12. The van der Waals surface area contributed by atoms with Crippen LogP contribution < -0.4 is 5.56 Å². The Balaban J connectivity index is 2.10. The molecule has 5 nitrogen and oxygen atoms in total. The van der Waals surface area contributed by atoms with Gasteiger partial charge < -0.3 is 9.13 Å². The highest BCUT2D eigenvalue weighted by Gasteiger charge is 2.37. The van der Waals surface area contributed by atoms with Gasteiger partial charge in [0.2, 0.25) is 0 Å². The lowest BCUT2D eigenvalue weighted by Gasteiger charge is -2.11. The number of hydrogen-bond acceptors (Lipinski definition) is 2. The monoisotopic (exact) mass is 310 g/mol. The zero-order chi connectivity index (χ0) is 16.1. The van der Waals surface area contributed by atoms with Gasteiger partial charge in [-0.15, -0.1) is 0 Å². The van der Waals surface area contributed by atoms with Gasteiger partial charge >= 0.3 is 6.18 Å². The van der Waals surface area contributed by atoms with E-state index < -0.39 is 11.9 Å². The van der Waals surface area contributed by atoms with Crippen LogP contribution in [0.5, 0.6) is 0 Å². The lowest BCUT2D eigenvalue weighted by molar-refractivity contribution is -0.144. The SMILES string of the molecule is Cn1ncc(Cn2ccc3ccn(C)c3c2=O)c1C(F)(F)F. The number of rotatable bonds is 2. The molecule has 0 fully saturated rings. The van der Waals surface area contributed by atoms with E-state index >= 15 is 0 Å². The summed E-state index contributed by atoms with van der Waals surface area (Å²) in [5.74, 6) is 0. The average Bonchev–Trinajstić information content (AvgIpc) is 2.96. The lowest BCUT2D eigenvalue weighted by Crippen LogP contribution is -2.23. The van der Waals surface area contributed by atoms with Gasteiger partial charge in [-0.2, -0.15) is 18.3 Å². The third-order valence-corrected chi connectivity index (χ3v) is 3.63. The smallest absolute Gasteiger partial charge is 0.346 e. The van der Waals surface area contributed by atoms with E-state index in [0.717, 1.165) is 16.3 Å². The lowest BCUT2D eigenvalue weighted by atomic mass is 10.2. The second-order valence-corrected chi connectivity index (χ2v) is 5.12. The second kappa shape index (κ2) is 4.75. The van der Waals surface area contributed by atoms with Gasteiger partial charge in [-0.3, -0.25) is 9.48 Å². The molecule has 3 heterocycles. The summed E-state index contributed by atoms with van der Waals surface area (Å²) in [6.45, 7) is -0.178. The minimum Gasteiger partial charge on any atom is -0.346 e. The van der Waals surface area contributed by atoms with Gasteiger partial charge in [0.15, 0.2) is 0 Å². The van der Waals surface area contributed by atoms with E-state index in [4.69, 9.17) is 0 Å². The van der Waals surface area contributed by atoms with E-state index in [2.05, 4.69) is 5.10 Å². The van der Waals surface area contributed by atoms with Gasteiger partial charge in [-0.25, -0.2) is 0 Å². The normalized spacial score (nSPS) is 12.2. The minimum absolute atomic E-state index is 0.0364. The van der Waals surface area contributed by atoms with E-state index in [1.807, 2.05) is 0 Å². The van der Waals surface area contributed by atoms with Gasteiger partial charge in [0, 0.05) is 37.4 Å². The summed E-state index contributed by atoms with van der Waals surface area (Å²) in [7, 11) is 2.95. The van der Waals surface area contributed by atoms with E-state index in [0.29, 0.717) is 5.52 Å². The van der Waals surface area contributed by atoms with Crippen molar-refractivity contribution in [3.63, 3.8) is 0 Å². The van der Waals surface area contributed by atoms with E-state index in [9.17, 15) is 18.0 Å². The third-order valence-electron chi connectivity index (χ3n) is 3.63. The number of aryl methyl sites for hydroxylation is 2. The number of alkyl halides is 3. The van der Waals surface area contributed by atoms with Crippen LogP contribution in [-0.2, 0) is 26.8 Å². The summed E-state index contributed by atoms with van der Waals surface area (Å²) in [6, 6.07) is 3.49. The van der Waals surface area contributed by atoms with Crippen LogP contribution in [0.1, 0.15) is 11.3 Å². The summed E-state index contributed by atoms with van der Waals surface area (Å²) in [5, 5.41) is 4.41. The molecular formula is C14H13F3N4O. The highest BCUT2D eigenvalue weighted by atomic mass is 19.4. The Bertz CT molecular complexity index is 901. The van der Waals surface area contributed by atoms with Crippen molar-refractivity contribution in [2.24, 2.45) is 14.1 Å². The summed E-state index contributed by atoms with van der Waals surface area (Å²) >= 11 is 0. The summed E-state index contributed by atoms with van der Waals surface area (Å²) in [4.78, 5) is 12.4. The molecule has 0 aliphatic carbocycles. The molecule has 0 unspecified atom stereocenters. The van der Waals surface area contributed by atoms with Crippen molar-refractivity contribution >= 4 is 10.9 Å². The molecule has 0 atom stereocenters. The number of halogens is 3. The molecule has 0 saturated carbocycles. The van der Waals surface area contributed by atoms with E-state index in [-0.39, 0.29) is 17.7 Å². The Hall–Kier alpha value is -2.51. The molecule has 0 aliphatic rings. The molecule has 0 aromatic carbocycles. The highest BCUT2D eigenvalue weighted by Crippen LogP contribution is 2.31. The molecule has 0 saturated heterocycles. The van der Waals surface area contributed by atoms with Crippen molar-refractivity contribution in [3.8, 4) is 0 Å². The first-order valence-corrected chi connectivity index (χ1v) is 6.51. The predicted octanol–water partition coefficient (Wildman–Crippen LogP) is 2.14. The van der Waals surface area contributed by atoms with Crippen LogP contribution in [0.4, 0.5) is 13.2 Å². The van der Waals surface area contributed by atoms with Crippen LogP contribution in [0.25, 0.3) is 10.9 Å². The van der Waals surface area contributed by atoms with Crippen molar-refractivity contribution < 1.29 is 13.2 Å². The van der Waals surface area contributed by atoms with Gasteiger partial charge in [-0.1, -0.05) is 0 Å². The minimum atomic E-state index is -4.51. The summed E-state index contributed by atoms with van der Waals surface area (Å²) in [6.07, 6.45) is -0.136. The molecule has 8 heteroatoms. The number of nitrogens with zero attached hydrogens (tertiary/aromatic N) is 4. The van der Waals surface area contributed by atoms with Crippen LogP contribution in [-0.4, -0.2) is 18.9 Å². The van der Waals surface area contributed by atoms with Crippen LogP contribution in [0.3, 0.4) is 0 Å². The highest BCUT2D eigenvalue weighted by molar-refractivity contribution is 5.78. The fraction of sp³-hybridized carbons (Fsp3) is 0.286. The van der Waals surface area contributed by atoms with Crippen LogP contribution in [0.2, 0.25) is 0 Å². The van der Waals surface area contributed by atoms with Gasteiger partial charge in [0.05, 0.1) is 12.7 Å². The van der Waals surface area contributed by atoms with E-state index in [1.165, 1.54) is 17.8 Å². The Labute approximate surface area is 123 Å². The van der Waals surface area contributed by atoms with Crippen LogP contribution in [0.15, 0.2) is 35.5 Å². The summed E-state index contributed by atoms with van der Waals surface area (Å²) < 4.78 is 42.9. The molecule has 116 valence electrons. The number of hydrogen-bond donors (Lipinski definition) is 0. The fourth-order valence-corrected chi connectivity index (χ4v) is 2.60. The number of aromatic nitrogens is 4. The standard InChI is InChI=1S/C14H13F3N4O/c1-19-5-3-9-4-6-21(13(22)11(9)19)8-10-7-18-20(2)12(10)14(15,16)17/h3-7H,8H2,1-2H3. The largest absolute Gasteiger partial charge is 0.433 e. The fourth-order valence-electron chi connectivity index (χ4n) is 2.60. The first kappa shape index (κ1) is 14.4. The van der Waals surface area contributed by atoms with Crippen molar-refractivity contribution in [2.75, 3.05) is 0 Å². The third kappa shape index (κ3) is 2.20. The van der Waals surface area contributed by atoms with Crippen molar-refractivity contribution in [3.05, 3.63) is 52.3 Å². The average molecular weight is 310 g/mol. The number of fused-ring (bicyclic) bond motifs is 1. The first-order valence-electron chi connectivity index (χ1n) is 6.51. The molecule has 0 bridgehead atoms. The molecule has 3 rings (SSSR count). The van der Waals surface area contributed by atoms with Crippen LogP contribution in [0, 0.1) is 0 Å². The maximum absolute atomic E-state index is 13.1. The summed E-state index contributed by atoms with van der Waals surface area (Å²) in [5.41, 5.74) is -0.751. The molecule has 0 aliphatic heterocycles. The molecular weight excluding hydrogens is 297 g/mol. The van der Waals surface area contributed by atoms with Crippen LogP contribution >= 0.6 is 0 Å². The second-order valence-electron chi connectivity index (χ2n) is 5.12. The molecule has 22 heavy (non-hydrogen) atoms. The zero-order valence-corrected chi connectivity index (χ0v) is 11.9. The van der Waals surface area contributed by atoms with Crippen molar-refractivity contribution in [1.29, 1.82) is 0 Å². The topological polar surface area (TPSA) is 44.8 Å². The van der Waals surface area contributed by atoms with E-state index in [1.54, 1.807) is 29.9 Å². The molecule has 3 aromatic rings. The first-order chi connectivity index (χ1) is 10.3. The Morgan fingerprint density at radius 1 is 1.18 bits per heavy atom. The van der Waals surface area contributed by atoms with Gasteiger partial charge in [-0.05, 0) is 12.1 Å². The van der Waals surface area contributed by atoms with Crippen molar-refractivity contribution in [2.45, 2.75) is 12.7 Å². The maximum atomic E-state index is 13.1. The predicted molar refractivity (Wildman–Crippen MR) is 74.5 cm³/mol. The molecule has 3 aromatic heterocycles. The molecule has 0 N–H and O–H groups in total.